The van der Waals surface area contributed by atoms with Gasteiger partial charge in [-0.3, -0.25) is 4.90 Å². The lowest BCUT2D eigenvalue weighted by Gasteiger charge is -2.38. The number of amides is 2. The number of rotatable bonds is 8. The van der Waals surface area contributed by atoms with Crippen molar-refractivity contribution in [2.24, 2.45) is 0 Å². The molecule has 0 unspecified atom stereocenters. The second kappa shape index (κ2) is 11.6. The highest BCUT2D eigenvalue weighted by Crippen LogP contribution is 2.23. The fourth-order valence-electron chi connectivity index (χ4n) is 4.39. The third-order valence-corrected chi connectivity index (χ3v) is 6.36. The van der Waals surface area contributed by atoms with Gasteiger partial charge in [0.2, 0.25) is 0 Å². The van der Waals surface area contributed by atoms with Crippen LogP contribution in [0, 0.1) is 0 Å². The van der Waals surface area contributed by atoms with E-state index in [0.717, 1.165) is 55.2 Å². The van der Waals surface area contributed by atoms with Gasteiger partial charge in [-0.25, -0.2) is 4.79 Å². The molecule has 3 aromatic carbocycles. The van der Waals surface area contributed by atoms with Gasteiger partial charge in [-0.1, -0.05) is 42.5 Å². The van der Waals surface area contributed by atoms with Crippen LogP contribution in [-0.4, -0.2) is 49.2 Å². The lowest BCUT2D eigenvalue weighted by atomic mass is 10.0. The minimum Gasteiger partial charge on any atom is -0.497 e. The first-order chi connectivity index (χ1) is 16.6. The molecule has 1 fully saturated rings. The maximum absolute atomic E-state index is 13.4. The summed E-state index contributed by atoms with van der Waals surface area (Å²) in [6.45, 7) is 3.43. The molecular formula is C28H33N3O3. The predicted molar refractivity (Wildman–Crippen MR) is 135 cm³/mol. The van der Waals surface area contributed by atoms with Crippen LogP contribution in [0.2, 0.25) is 0 Å². The molecule has 0 saturated carbocycles. The van der Waals surface area contributed by atoms with Crippen molar-refractivity contribution in [2.75, 3.05) is 32.6 Å². The first-order valence-electron chi connectivity index (χ1n) is 11.8. The number of anilines is 1. The third-order valence-electron chi connectivity index (χ3n) is 6.36. The maximum atomic E-state index is 13.4. The number of likely N-dealkylation sites (tertiary alicyclic amines) is 1. The minimum absolute atomic E-state index is 0.0810. The second-order valence-electron chi connectivity index (χ2n) is 8.63. The number of benzene rings is 3. The van der Waals surface area contributed by atoms with Crippen LogP contribution >= 0.6 is 0 Å². The molecule has 2 amide bonds. The van der Waals surface area contributed by atoms with E-state index in [2.05, 4.69) is 34.5 Å². The highest BCUT2D eigenvalue weighted by molar-refractivity contribution is 5.89. The van der Waals surface area contributed by atoms with E-state index >= 15 is 0 Å². The number of methoxy groups -OCH3 is 2. The van der Waals surface area contributed by atoms with Crippen molar-refractivity contribution in [1.82, 2.24) is 9.80 Å². The van der Waals surface area contributed by atoms with Gasteiger partial charge in [-0.05, 0) is 60.4 Å². The Labute approximate surface area is 202 Å². The van der Waals surface area contributed by atoms with Crippen LogP contribution in [0.25, 0.3) is 0 Å². The van der Waals surface area contributed by atoms with Crippen LogP contribution in [-0.2, 0) is 13.1 Å². The van der Waals surface area contributed by atoms with Crippen LogP contribution in [0.4, 0.5) is 10.5 Å². The number of ether oxygens (including phenoxy) is 2. The molecule has 6 nitrogen and oxygen atoms in total. The third kappa shape index (κ3) is 6.29. The highest BCUT2D eigenvalue weighted by Gasteiger charge is 2.28. The van der Waals surface area contributed by atoms with Crippen molar-refractivity contribution in [3.05, 3.63) is 90.0 Å². The van der Waals surface area contributed by atoms with E-state index in [1.807, 2.05) is 59.5 Å². The topological polar surface area (TPSA) is 54.0 Å². The molecule has 1 aliphatic rings. The Morgan fingerprint density at radius 3 is 2.03 bits per heavy atom. The summed E-state index contributed by atoms with van der Waals surface area (Å²) in [6.07, 6.45) is 1.89. The summed E-state index contributed by atoms with van der Waals surface area (Å²) in [5, 5.41) is 3.08. The van der Waals surface area contributed by atoms with Crippen molar-refractivity contribution in [2.45, 2.75) is 32.0 Å². The molecule has 0 aliphatic carbocycles. The summed E-state index contributed by atoms with van der Waals surface area (Å²) in [4.78, 5) is 17.9. The molecule has 34 heavy (non-hydrogen) atoms. The number of nitrogens with one attached hydrogen (secondary N) is 1. The van der Waals surface area contributed by atoms with E-state index in [-0.39, 0.29) is 12.1 Å². The monoisotopic (exact) mass is 459 g/mol. The Bertz CT molecular complexity index is 1030. The van der Waals surface area contributed by atoms with Crippen molar-refractivity contribution in [3.8, 4) is 11.5 Å². The molecule has 0 bridgehead atoms. The average Bonchev–Trinajstić information content (AvgIpc) is 2.89. The van der Waals surface area contributed by atoms with E-state index in [4.69, 9.17) is 9.47 Å². The molecule has 1 heterocycles. The number of carbonyl (C=O) groups is 1. The summed E-state index contributed by atoms with van der Waals surface area (Å²) < 4.78 is 10.5. The fraction of sp³-hybridized carbons (Fsp3) is 0.321. The zero-order valence-corrected chi connectivity index (χ0v) is 19.9. The summed E-state index contributed by atoms with van der Waals surface area (Å²) >= 11 is 0. The summed E-state index contributed by atoms with van der Waals surface area (Å²) in [6, 6.07) is 26.0. The summed E-state index contributed by atoms with van der Waals surface area (Å²) in [5.74, 6) is 1.58. The number of hydrogen-bond donors (Lipinski definition) is 1. The number of carbonyl (C=O) groups excluding carboxylic acids is 1. The number of piperidine rings is 1. The molecule has 1 aliphatic heterocycles. The molecule has 4 rings (SSSR count). The van der Waals surface area contributed by atoms with Gasteiger partial charge in [-0.15, -0.1) is 0 Å². The first-order valence-corrected chi connectivity index (χ1v) is 11.8. The Morgan fingerprint density at radius 1 is 0.853 bits per heavy atom. The lowest BCUT2D eigenvalue weighted by molar-refractivity contribution is 0.120. The molecule has 0 radical (unpaired) electrons. The van der Waals surface area contributed by atoms with Crippen LogP contribution < -0.4 is 14.8 Å². The zero-order valence-electron chi connectivity index (χ0n) is 19.9. The molecule has 0 aromatic heterocycles. The Balaban J connectivity index is 1.44. The maximum Gasteiger partial charge on any atom is 0.322 e. The van der Waals surface area contributed by atoms with Gasteiger partial charge in [0.15, 0.2) is 0 Å². The highest BCUT2D eigenvalue weighted by atomic mass is 16.5. The standard InChI is InChI=1S/C28H33N3O3/c1-33-26-12-8-23(9-13-26)21-31(28(32)29-24-10-14-27(34-2)15-11-24)25-16-18-30(19-17-25)20-22-6-4-3-5-7-22/h3-15,25H,16-21H2,1-2H3,(H,29,32). The first kappa shape index (κ1) is 23.6. The van der Waals surface area contributed by atoms with E-state index in [1.54, 1.807) is 14.2 Å². The van der Waals surface area contributed by atoms with Gasteiger partial charge in [0.25, 0.3) is 0 Å². The van der Waals surface area contributed by atoms with Gasteiger partial charge in [0, 0.05) is 37.9 Å². The molecule has 178 valence electrons. The summed E-state index contributed by atoms with van der Waals surface area (Å²) in [5.41, 5.74) is 3.16. The van der Waals surface area contributed by atoms with Gasteiger partial charge < -0.3 is 19.7 Å². The molecular weight excluding hydrogens is 426 g/mol. The van der Waals surface area contributed by atoms with Crippen molar-refractivity contribution < 1.29 is 14.3 Å². The molecule has 6 heteroatoms. The van der Waals surface area contributed by atoms with Crippen molar-refractivity contribution in [1.29, 1.82) is 0 Å². The van der Waals surface area contributed by atoms with Crippen molar-refractivity contribution >= 4 is 11.7 Å². The zero-order chi connectivity index (χ0) is 23.8. The van der Waals surface area contributed by atoms with Crippen LogP contribution in [0.5, 0.6) is 11.5 Å². The van der Waals surface area contributed by atoms with Gasteiger partial charge in [-0.2, -0.15) is 0 Å². The summed E-state index contributed by atoms with van der Waals surface area (Å²) in [7, 11) is 3.29. The van der Waals surface area contributed by atoms with E-state index in [9.17, 15) is 4.79 Å². The smallest absolute Gasteiger partial charge is 0.322 e. The molecule has 1 N–H and O–H groups in total. The lowest BCUT2D eigenvalue weighted by Crippen LogP contribution is -2.48. The normalized spacial score (nSPS) is 14.4. The Kier molecular flexibility index (Phi) is 8.04. The number of hydrogen-bond acceptors (Lipinski definition) is 4. The predicted octanol–water partition coefficient (Wildman–Crippen LogP) is 5.40. The fourth-order valence-corrected chi connectivity index (χ4v) is 4.39. The van der Waals surface area contributed by atoms with Crippen LogP contribution in [0.15, 0.2) is 78.9 Å². The molecule has 0 atom stereocenters. The van der Waals surface area contributed by atoms with Gasteiger partial charge in [0.1, 0.15) is 11.5 Å². The number of nitrogens with zero attached hydrogens (tertiary/aromatic N) is 2. The largest absolute Gasteiger partial charge is 0.497 e. The second-order valence-corrected chi connectivity index (χ2v) is 8.63. The Hall–Kier alpha value is -3.51. The quantitative estimate of drug-likeness (QED) is 0.490. The van der Waals surface area contributed by atoms with E-state index in [0.29, 0.717) is 6.54 Å². The van der Waals surface area contributed by atoms with E-state index < -0.39 is 0 Å². The van der Waals surface area contributed by atoms with Gasteiger partial charge in [0.05, 0.1) is 14.2 Å². The van der Waals surface area contributed by atoms with E-state index in [1.165, 1.54) is 5.56 Å². The van der Waals surface area contributed by atoms with Crippen LogP contribution in [0.1, 0.15) is 24.0 Å². The van der Waals surface area contributed by atoms with Crippen molar-refractivity contribution in [3.63, 3.8) is 0 Å². The van der Waals surface area contributed by atoms with Crippen LogP contribution in [0.3, 0.4) is 0 Å². The van der Waals surface area contributed by atoms with Gasteiger partial charge >= 0.3 is 6.03 Å². The average molecular weight is 460 g/mol. The SMILES string of the molecule is COc1ccc(CN(C(=O)Nc2ccc(OC)cc2)C2CCN(Cc3ccccc3)CC2)cc1. The Morgan fingerprint density at radius 2 is 1.44 bits per heavy atom. The molecule has 3 aromatic rings. The molecule has 1 saturated heterocycles. The molecule has 0 spiro atoms. The number of urea groups is 1. The minimum atomic E-state index is -0.0810.